The van der Waals surface area contributed by atoms with E-state index >= 15 is 0 Å². The summed E-state index contributed by atoms with van der Waals surface area (Å²) in [5.41, 5.74) is 3.62. The van der Waals surface area contributed by atoms with Crippen molar-refractivity contribution in [1.29, 1.82) is 0 Å². The van der Waals surface area contributed by atoms with E-state index in [1.54, 1.807) is 19.5 Å². The Labute approximate surface area is 153 Å². The molecule has 0 aliphatic heterocycles. The number of urea groups is 1. The van der Waals surface area contributed by atoms with Crippen molar-refractivity contribution in [1.82, 2.24) is 10.3 Å². The van der Waals surface area contributed by atoms with Crippen molar-refractivity contribution >= 4 is 11.7 Å². The molecule has 3 aromatic rings. The van der Waals surface area contributed by atoms with Gasteiger partial charge in [0, 0.05) is 30.8 Å². The van der Waals surface area contributed by atoms with Crippen molar-refractivity contribution in [3.63, 3.8) is 0 Å². The van der Waals surface area contributed by atoms with E-state index in [0.29, 0.717) is 6.61 Å². The quantitative estimate of drug-likeness (QED) is 0.704. The van der Waals surface area contributed by atoms with Crippen LogP contribution in [0.3, 0.4) is 0 Å². The van der Waals surface area contributed by atoms with Crippen molar-refractivity contribution in [2.24, 2.45) is 0 Å². The molecule has 26 heavy (non-hydrogen) atoms. The molecule has 5 heteroatoms. The molecule has 3 rings (SSSR count). The number of para-hydroxylation sites is 1. The second-order valence-corrected chi connectivity index (χ2v) is 5.81. The summed E-state index contributed by atoms with van der Waals surface area (Å²) in [4.78, 5) is 16.7. The average molecular weight is 347 g/mol. The van der Waals surface area contributed by atoms with E-state index in [0.717, 1.165) is 22.4 Å². The third-order valence-corrected chi connectivity index (χ3v) is 4.01. The van der Waals surface area contributed by atoms with Crippen LogP contribution in [0.5, 0.6) is 0 Å². The highest BCUT2D eigenvalue weighted by molar-refractivity contribution is 5.90. The molecule has 2 aromatic carbocycles. The Kier molecular flexibility index (Phi) is 5.96. The van der Waals surface area contributed by atoms with Crippen LogP contribution in [0.4, 0.5) is 10.5 Å². The van der Waals surface area contributed by atoms with Crippen LogP contribution in [-0.2, 0) is 11.3 Å². The molecule has 0 unspecified atom stereocenters. The van der Waals surface area contributed by atoms with E-state index < -0.39 is 0 Å². The molecule has 1 atom stereocenters. The minimum Gasteiger partial charge on any atom is -0.380 e. The Balaban J connectivity index is 1.80. The smallest absolute Gasteiger partial charge is 0.319 e. The molecule has 0 aliphatic rings. The van der Waals surface area contributed by atoms with E-state index in [4.69, 9.17) is 4.74 Å². The number of anilines is 1. The van der Waals surface area contributed by atoms with Crippen molar-refractivity contribution < 1.29 is 9.53 Å². The normalized spacial score (nSPS) is 11.6. The molecule has 0 bridgehead atoms. The van der Waals surface area contributed by atoms with Crippen molar-refractivity contribution in [3.05, 3.63) is 95.8 Å². The predicted molar refractivity (Wildman–Crippen MR) is 102 cm³/mol. The topological polar surface area (TPSA) is 63.2 Å². The number of hydrogen-bond donors (Lipinski definition) is 2. The Hall–Kier alpha value is -3.18. The lowest BCUT2D eigenvalue weighted by Crippen LogP contribution is -2.33. The van der Waals surface area contributed by atoms with Crippen LogP contribution in [0, 0.1) is 0 Å². The number of benzene rings is 2. The number of rotatable bonds is 6. The van der Waals surface area contributed by atoms with Crippen LogP contribution in [0.15, 0.2) is 79.1 Å². The molecule has 2 N–H and O–H groups in total. The lowest BCUT2D eigenvalue weighted by atomic mass is 10.00. The van der Waals surface area contributed by atoms with Gasteiger partial charge < -0.3 is 15.4 Å². The highest BCUT2D eigenvalue weighted by atomic mass is 16.5. The molecule has 0 spiro atoms. The zero-order chi connectivity index (χ0) is 18.2. The fourth-order valence-corrected chi connectivity index (χ4v) is 2.77. The molecule has 1 heterocycles. The van der Waals surface area contributed by atoms with Gasteiger partial charge in [-0.15, -0.1) is 0 Å². The highest BCUT2D eigenvalue weighted by Gasteiger charge is 2.17. The number of nitrogens with zero attached hydrogens (tertiary/aromatic N) is 1. The zero-order valence-electron chi connectivity index (χ0n) is 14.6. The molecule has 0 fully saturated rings. The third kappa shape index (κ3) is 4.46. The third-order valence-electron chi connectivity index (χ3n) is 4.01. The highest BCUT2D eigenvalue weighted by Crippen LogP contribution is 2.22. The van der Waals surface area contributed by atoms with Gasteiger partial charge in [0.1, 0.15) is 0 Å². The first kappa shape index (κ1) is 17.6. The van der Waals surface area contributed by atoms with Crippen LogP contribution in [-0.4, -0.2) is 18.1 Å². The molecular weight excluding hydrogens is 326 g/mol. The Morgan fingerprint density at radius 3 is 2.35 bits per heavy atom. The number of carbonyl (C=O) groups excluding carboxylic acids is 1. The Bertz CT molecular complexity index is 799. The molecule has 0 radical (unpaired) electrons. The second kappa shape index (κ2) is 8.78. The van der Waals surface area contributed by atoms with Gasteiger partial charge in [-0.2, -0.15) is 0 Å². The molecule has 0 saturated heterocycles. The summed E-state index contributed by atoms with van der Waals surface area (Å²) in [6.45, 7) is 0.433. The Morgan fingerprint density at radius 2 is 1.62 bits per heavy atom. The van der Waals surface area contributed by atoms with Crippen LogP contribution < -0.4 is 10.6 Å². The van der Waals surface area contributed by atoms with Crippen LogP contribution >= 0.6 is 0 Å². The van der Waals surface area contributed by atoms with Crippen molar-refractivity contribution in [3.8, 4) is 0 Å². The summed E-state index contributed by atoms with van der Waals surface area (Å²) in [6.07, 6.45) is 3.44. The first-order chi connectivity index (χ1) is 12.8. The van der Waals surface area contributed by atoms with Gasteiger partial charge in [-0.3, -0.25) is 4.98 Å². The molecule has 0 aliphatic carbocycles. The van der Waals surface area contributed by atoms with E-state index in [9.17, 15) is 4.79 Å². The predicted octanol–water partition coefficient (Wildman–Crippen LogP) is 4.14. The van der Waals surface area contributed by atoms with Gasteiger partial charge in [-0.25, -0.2) is 4.79 Å². The molecule has 0 saturated carbocycles. The summed E-state index contributed by atoms with van der Waals surface area (Å²) in [6, 6.07) is 20.7. The standard InChI is InChI=1S/C21H21N3O2/c1-26-15-18-9-5-6-10-19(18)23-21(25)24-20(16-7-3-2-4-8-16)17-11-13-22-14-12-17/h2-14,20H,15H2,1H3,(H2,23,24,25)/t20-/m1/s1. The molecular formula is C21H21N3O2. The second-order valence-electron chi connectivity index (χ2n) is 5.81. The molecule has 5 nitrogen and oxygen atoms in total. The van der Waals surface area contributed by atoms with Gasteiger partial charge >= 0.3 is 6.03 Å². The minimum atomic E-state index is -0.279. The molecule has 132 valence electrons. The van der Waals surface area contributed by atoms with E-state index in [2.05, 4.69) is 15.6 Å². The SMILES string of the molecule is COCc1ccccc1NC(=O)N[C@H](c1ccccc1)c1ccncc1. The number of methoxy groups -OCH3 is 1. The lowest BCUT2D eigenvalue weighted by Gasteiger charge is -2.20. The molecule has 1 aromatic heterocycles. The van der Waals surface area contributed by atoms with Crippen molar-refractivity contribution in [2.45, 2.75) is 12.6 Å². The lowest BCUT2D eigenvalue weighted by molar-refractivity contribution is 0.185. The number of nitrogens with one attached hydrogen (secondary N) is 2. The zero-order valence-corrected chi connectivity index (χ0v) is 14.6. The summed E-state index contributed by atoms with van der Waals surface area (Å²) in [5, 5.41) is 5.97. The van der Waals surface area contributed by atoms with Gasteiger partial charge in [0.05, 0.1) is 12.6 Å². The number of pyridine rings is 1. The number of amides is 2. The van der Waals surface area contributed by atoms with Crippen LogP contribution in [0.2, 0.25) is 0 Å². The molecule has 2 amide bonds. The summed E-state index contributed by atoms with van der Waals surface area (Å²) in [5.74, 6) is 0. The maximum atomic E-state index is 12.6. The largest absolute Gasteiger partial charge is 0.380 e. The summed E-state index contributed by atoms with van der Waals surface area (Å²) >= 11 is 0. The maximum Gasteiger partial charge on any atom is 0.319 e. The summed E-state index contributed by atoms with van der Waals surface area (Å²) < 4.78 is 5.19. The fraction of sp³-hybridized carbons (Fsp3) is 0.143. The first-order valence-electron chi connectivity index (χ1n) is 8.37. The van der Waals surface area contributed by atoms with Crippen LogP contribution in [0.25, 0.3) is 0 Å². The average Bonchev–Trinajstić information content (AvgIpc) is 2.69. The van der Waals surface area contributed by atoms with E-state index in [1.165, 1.54) is 0 Å². The number of aromatic nitrogens is 1. The van der Waals surface area contributed by atoms with Gasteiger partial charge in [-0.05, 0) is 29.3 Å². The van der Waals surface area contributed by atoms with Crippen LogP contribution in [0.1, 0.15) is 22.7 Å². The first-order valence-corrected chi connectivity index (χ1v) is 8.37. The summed E-state index contributed by atoms with van der Waals surface area (Å²) in [7, 11) is 1.63. The number of ether oxygens (including phenoxy) is 1. The number of carbonyl (C=O) groups is 1. The van der Waals surface area contributed by atoms with Gasteiger partial charge in [0.15, 0.2) is 0 Å². The van der Waals surface area contributed by atoms with E-state index in [1.807, 2.05) is 66.7 Å². The number of hydrogen-bond acceptors (Lipinski definition) is 3. The van der Waals surface area contributed by atoms with Gasteiger partial charge in [0.2, 0.25) is 0 Å². The van der Waals surface area contributed by atoms with Gasteiger partial charge in [0.25, 0.3) is 0 Å². The van der Waals surface area contributed by atoms with Gasteiger partial charge in [-0.1, -0.05) is 48.5 Å². The monoisotopic (exact) mass is 347 g/mol. The van der Waals surface area contributed by atoms with E-state index in [-0.39, 0.29) is 12.1 Å². The van der Waals surface area contributed by atoms with Crippen molar-refractivity contribution in [2.75, 3.05) is 12.4 Å². The fourth-order valence-electron chi connectivity index (χ4n) is 2.77. The minimum absolute atomic E-state index is 0.270. The maximum absolute atomic E-state index is 12.6. The Morgan fingerprint density at radius 1 is 0.962 bits per heavy atom.